The highest BCUT2D eigenvalue weighted by atomic mass is 16.7. The smallest absolute Gasteiger partial charge is 0.231 e. The first-order valence-electron chi connectivity index (χ1n) is 6.33. The standard InChI is InChI=1S/C14H14N2O2/c1-2-15-14-9-6-12-13(18-8-17-12)7-11(9)16-5-3-4-10(14)16/h3-7,14-15H,2,8H2,1H3/p+1. The number of hydrogen-bond donors (Lipinski definition) is 1. The van der Waals surface area contributed by atoms with Gasteiger partial charge in [0.15, 0.2) is 17.5 Å². The fraction of sp³-hybridized carbons (Fsp3) is 0.286. The molecule has 1 atom stereocenters. The molecule has 2 aromatic rings. The molecule has 2 aliphatic heterocycles. The van der Waals surface area contributed by atoms with E-state index in [0.717, 1.165) is 18.0 Å². The second-order valence-electron chi connectivity index (χ2n) is 4.69. The van der Waals surface area contributed by atoms with E-state index in [0.29, 0.717) is 12.8 Å². The Kier molecular flexibility index (Phi) is 1.96. The van der Waals surface area contributed by atoms with Crippen LogP contribution in [0.3, 0.4) is 0 Å². The molecule has 0 radical (unpaired) electrons. The van der Waals surface area contributed by atoms with Gasteiger partial charge in [-0.25, -0.2) is 0 Å². The molecule has 1 unspecified atom stereocenters. The van der Waals surface area contributed by atoms with Crippen LogP contribution in [0, 0.1) is 0 Å². The molecule has 4 nitrogen and oxygen atoms in total. The molecule has 1 aromatic heterocycles. The van der Waals surface area contributed by atoms with Crippen molar-refractivity contribution >= 4 is 0 Å². The normalized spacial score (nSPS) is 18.8. The van der Waals surface area contributed by atoms with E-state index in [1.807, 2.05) is 0 Å². The van der Waals surface area contributed by atoms with E-state index < -0.39 is 0 Å². The Balaban J connectivity index is 1.93. The van der Waals surface area contributed by atoms with E-state index in [1.165, 1.54) is 16.9 Å². The summed E-state index contributed by atoms with van der Waals surface area (Å²) < 4.78 is 13.2. The van der Waals surface area contributed by atoms with Crippen molar-refractivity contribution in [1.82, 2.24) is 4.57 Å². The minimum atomic E-state index is 0.332. The third-order valence-corrected chi connectivity index (χ3v) is 3.69. The van der Waals surface area contributed by atoms with Gasteiger partial charge in [0.05, 0.1) is 17.9 Å². The van der Waals surface area contributed by atoms with E-state index in [2.05, 4.69) is 47.3 Å². The van der Waals surface area contributed by atoms with Crippen molar-refractivity contribution in [3.8, 4) is 17.2 Å². The average molecular weight is 243 g/mol. The summed E-state index contributed by atoms with van der Waals surface area (Å²) in [5.41, 5.74) is 3.86. The molecule has 0 fully saturated rings. The molecule has 2 aliphatic rings. The Bertz CT molecular complexity index is 618. The van der Waals surface area contributed by atoms with Crippen molar-refractivity contribution in [2.45, 2.75) is 13.0 Å². The van der Waals surface area contributed by atoms with Crippen LogP contribution < -0.4 is 14.8 Å². The molecule has 3 heterocycles. The van der Waals surface area contributed by atoms with Gasteiger partial charge in [0.25, 0.3) is 0 Å². The topological polar surface area (TPSA) is 40.0 Å². The van der Waals surface area contributed by atoms with Crippen molar-refractivity contribution in [3.05, 3.63) is 41.7 Å². The summed E-state index contributed by atoms with van der Waals surface area (Å²) in [6.07, 6.45) is 2.11. The molecule has 0 aliphatic carbocycles. The number of fused-ring (bicyclic) bond motifs is 4. The summed E-state index contributed by atoms with van der Waals surface area (Å²) in [7, 11) is 0. The Morgan fingerprint density at radius 3 is 3.00 bits per heavy atom. The van der Waals surface area contributed by atoms with Gasteiger partial charge in [-0.1, -0.05) is 0 Å². The van der Waals surface area contributed by atoms with Crippen molar-refractivity contribution in [2.75, 3.05) is 13.3 Å². The van der Waals surface area contributed by atoms with Crippen LogP contribution in [0.4, 0.5) is 0 Å². The number of benzene rings is 1. The van der Waals surface area contributed by atoms with Crippen LogP contribution in [0.25, 0.3) is 5.69 Å². The van der Waals surface area contributed by atoms with Gasteiger partial charge in [-0.3, -0.25) is 0 Å². The average Bonchev–Trinajstić information content (AvgIpc) is 3.05. The highest BCUT2D eigenvalue weighted by molar-refractivity contribution is 5.61. The van der Waals surface area contributed by atoms with Gasteiger partial charge in [0.2, 0.25) is 6.79 Å². The SMILES string of the molecule is CC[NH2+]C1c2cc3c(cc2-n2cccc21)OCO3. The zero-order valence-corrected chi connectivity index (χ0v) is 10.2. The second-order valence-corrected chi connectivity index (χ2v) is 4.69. The minimum absolute atomic E-state index is 0.332. The molecule has 2 N–H and O–H groups in total. The molecule has 4 heteroatoms. The number of ether oxygens (including phenoxy) is 2. The number of nitrogens with zero attached hydrogens (tertiary/aromatic N) is 1. The fourth-order valence-electron chi connectivity index (χ4n) is 2.91. The lowest BCUT2D eigenvalue weighted by atomic mass is 10.0. The number of hydrogen-bond acceptors (Lipinski definition) is 2. The van der Waals surface area contributed by atoms with E-state index in [9.17, 15) is 0 Å². The van der Waals surface area contributed by atoms with Gasteiger partial charge < -0.3 is 19.4 Å². The monoisotopic (exact) mass is 243 g/mol. The summed E-state index contributed by atoms with van der Waals surface area (Å²) in [6, 6.07) is 8.87. The molecule has 0 amide bonds. The Labute approximate surface area is 105 Å². The van der Waals surface area contributed by atoms with Gasteiger partial charge >= 0.3 is 0 Å². The largest absolute Gasteiger partial charge is 0.454 e. The molecule has 0 saturated heterocycles. The lowest BCUT2D eigenvalue weighted by Gasteiger charge is -2.09. The number of nitrogens with two attached hydrogens (primary N) is 1. The maximum absolute atomic E-state index is 5.48. The predicted octanol–water partition coefficient (Wildman–Crippen LogP) is 1.19. The lowest BCUT2D eigenvalue weighted by molar-refractivity contribution is -0.684. The van der Waals surface area contributed by atoms with Crippen LogP contribution in [-0.4, -0.2) is 17.9 Å². The highest BCUT2D eigenvalue weighted by Gasteiger charge is 2.33. The first-order valence-corrected chi connectivity index (χ1v) is 6.33. The lowest BCUT2D eigenvalue weighted by Crippen LogP contribution is -2.84. The fourth-order valence-corrected chi connectivity index (χ4v) is 2.91. The Morgan fingerprint density at radius 2 is 2.17 bits per heavy atom. The number of aromatic nitrogens is 1. The molecule has 18 heavy (non-hydrogen) atoms. The summed E-state index contributed by atoms with van der Waals surface area (Å²) in [4.78, 5) is 0. The Hall–Kier alpha value is -1.94. The van der Waals surface area contributed by atoms with Gasteiger partial charge in [0.1, 0.15) is 0 Å². The third kappa shape index (κ3) is 1.18. The summed E-state index contributed by atoms with van der Waals surface area (Å²) in [6.45, 7) is 3.57. The zero-order valence-electron chi connectivity index (χ0n) is 10.2. The summed E-state index contributed by atoms with van der Waals surface area (Å²) in [5.74, 6) is 1.72. The molecule has 92 valence electrons. The highest BCUT2D eigenvalue weighted by Crippen LogP contribution is 2.42. The third-order valence-electron chi connectivity index (χ3n) is 3.69. The first-order chi connectivity index (χ1) is 8.88. The summed E-state index contributed by atoms with van der Waals surface area (Å²) in [5, 5.41) is 2.35. The number of quaternary nitrogens is 1. The van der Waals surface area contributed by atoms with E-state index in [4.69, 9.17) is 9.47 Å². The van der Waals surface area contributed by atoms with Crippen LogP contribution in [0.1, 0.15) is 24.2 Å². The maximum Gasteiger partial charge on any atom is 0.231 e. The van der Waals surface area contributed by atoms with Crippen molar-refractivity contribution in [1.29, 1.82) is 0 Å². The van der Waals surface area contributed by atoms with E-state index in [1.54, 1.807) is 0 Å². The van der Waals surface area contributed by atoms with Crippen LogP contribution in [0.2, 0.25) is 0 Å². The minimum Gasteiger partial charge on any atom is -0.454 e. The predicted molar refractivity (Wildman–Crippen MR) is 66.2 cm³/mol. The molecule has 0 spiro atoms. The van der Waals surface area contributed by atoms with Crippen LogP contribution in [0.15, 0.2) is 30.5 Å². The van der Waals surface area contributed by atoms with Gasteiger partial charge in [-0.05, 0) is 25.1 Å². The Morgan fingerprint density at radius 1 is 1.33 bits per heavy atom. The molecule has 4 rings (SSSR count). The maximum atomic E-state index is 5.48. The van der Waals surface area contributed by atoms with Gasteiger partial charge in [0, 0.05) is 17.8 Å². The van der Waals surface area contributed by atoms with Crippen molar-refractivity contribution in [2.24, 2.45) is 0 Å². The van der Waals surface area contributed by atoms with Crippen molar-refractivity contribution in [3.63, 3.8) is 0 Å². The van der Waals surface area contributed by atoms with E-state index >= 15 is 0 Å². The molecule has 0 bridgehead atoms. The second kappa shape index (κ2) is 3.53. The van der Waals surface area contributed by atoms with Gasteiger partial charge in [-0.15, -0.1) is 0 Å². The van der Waals surface area contributed by atoms with Crippen LogP contribution >= 0.6 is 0 Å². The molecular formula is C14H15N2O2+. The van der Waals surface area contributed by atoms with E-state index in [-0.39, 0.29) is 0 Å². The van der Waals surface area contributed by atoms with Crippen LogP contribution in [-0.2, 0) is 0 Å². The van der Waals surface area contributed by atoms with Crippen molar-refractivity contribution < 1.29 is 14.8 Å². The quantitative estimate of drug-likeness (QED) is 0.860. The molecular weight excluding hydrogens is 228 g/mol. The van der Waals surface area contributed by atoms with Crippen LogP contribution in [0.5, 0.6) is 11.5 Å². The zero-order chi connectivity index (χ0) is 12.1. The molecule has 0 saturated carbocycles. The molecule has 1 aromatic carbocycles. The van der Waals surface area contributed by atoms with Gasteiger partial charge in [-0.2, -0.15) is 0 Å². The first kappa shape index (κ1) is 10.0. The summed E-state index contributed by atoms with van der Waals surface area (Å²) >= 11 is 0. The number of rotatable bonds is 2.